The third-order valence-corrected chi connectivity index (χ3v) is 4.78. The van der Waals surface area contributed by atoms with E-state index in [-0.39, 0.29) is 5.75 Å². The number of rotatable bonds is 3. The van der Waals surface area contributed by atoms with Crippen molar-refractivity contribution in [2.24, 2.45) is 0 Å². The second kappa shape index (κ2) is 6.69. The molecule has 0 saturated carbocycles. The Morgan fingerprint density at radius 2 is 1.85 bits per heavy atom. The summed E-state index contributed by atoms with van der Waals surface area (Å²) in [7, 11) is 0. The molecule has 4 rings (SSSR count). The van der Waals surface area contributed by atoms with Crippen molar-refractivity contribution >= 4 is 5.57 Å². The average molecular weight is 380 g/mol. The lowest BCUT2D eigenvalue weighted by atomic mass is 9.92. The van der Waals surface area contributed by atoms with Crippen molar-refractivity contribution in [1.82, 2.24) is 9.78 Å². The van der Waals surface area contributed by atoms with Gasteiger partial charge in [-0.3, -0.25) is 0 Å². The Kier molecular flexibility index (Phi) is 4.47. The first-order valence-corrected chi connectivity index (χ1v) is 8.74. The van der Waals surface area contributed by atoms with Crippen molar-refractivity contribution < 1.29 is 27.4 Å². The smallest absolute Gasteiger partial charge is 0.406 e. The van der Waals surface area contributed by atoms with Gasteiger partial charge in [0.1, 0.15) is 5.75 Å². The molecular formula is C19H19F3N2O3. The molecule has 1 aliphatic heterocycles. The molecule has 8 heteroatoms. The van der Waals surface area contributed by atoms with Crippen molar-refractivity contribution in [2.45, 2.75) is 38.3 Å². The third kappa shape index (κ3) is 3.86. The first-order valence-electron chi connectivity index (χ1n) is 8.74. The number of benzene rings is 1. The Labute approximate surface area is 154 Å². The van der Waals surface area contributed by atoms with Gasteiger partial charge >= 0.3 is 6.36 Å². The van der Waals surface area contributed by atoms with E-state index >= 15 is 0 Å². The van der Waals surface area contributed by atoms with Gasteiger partial charge in [0, 0.05) is 18.5 Å². The Morgan fingerprint density at radius 1 is 1.15 bits per heavy atom. The molecule has 0 unspecified atom stereocenters. The van der Waals surface area contributed by atoms with Gasteiger partial charge in [0.2, 0.25) is 0 Å². The quantitative estimate of drug-likeness (QED) is 0.792. The highest BCUT2D eigenvalue weighted by molar-refractivity contribution is 5.64. The van der Waals surface area contributed by atoms with Crippen molar-refractivity contribution in [3.05, 3.63) is 47.8 Å². The van der Waals surface area contributed by atoms with Crippen molar-refractivity contribution in [3.63, 3.8) is 0 Å². The first-order chi connectivity index (χ1) is 12.8. The van der Waals surface area contributed by atoms with Crippen molar-refractivity contribution in [3.8, 4) is 11.4 Å². The zero-order valence-corrected chi connectivity index (χ0v) is 14.8. The minimum absolute atomic E-state index is 0.256. The van der Waals surface area contributed by atoms with E-state index in [4.69, 9.17) is 9.47 Å². The molecular weight excluding hydrogens is 361 g/mol. The Bertz CT molecular complexity index is 850. The lowest BCUT2D eigenvalue weighted by Crippen LogP contribution is -2.31. The normalized spacial score (nSPS) is 19.3. The maximum atomic E-state index is 12.3. The van der Waals surface area contributed by atoms with Gasteiger partial charge in [0.25, 0.3) is 0 Å². The van der Waals surface area contributed by atoms with Crippen molar-refractivity contribution in [2.75, 3.05) is 13.2 Å². The number of nitrogens with zero attached hydrogens (tertiary/aromatic N) is 2. The molecule has 0 bridgehead atoms. The third-order valence-electron chi connectivity index (χ3n) is 4.78. The molecule has 1 saturated heterocycles. The standard InChI is InChI=1S/C19H19F3N2O3/c1-13-12-17(14-6-8-18(9-7-14)25-10-11-26-18)23-24(13)15-2-4-16(5-3-15)27-19(20,21)22/h2-6,12H,7-11H2,1H3. The SMILES string of the molecule is Cc1cc(C2=CCC3(CC2)OCCO3)nn1-c1ccc(OC(F)(F)F)cc1. The van der Waals surface area contributed by atoms with Crippen LogP contribution in [0.1, 0.15) is 30.7 Å². The van der Waals surface area contributed by atoms with Gasteiger partial charge in [-0.2, -0.15) is 5.10 Å². The second-order valence-electron chi connectivity index (χ2n) is 6.67. The summed E-state index contributed by atoms with van der Waals surface area (Å²) >= 11 is 0. The number of ether oxygens (including phenoxy) is 3. The van der Waals surface area contributed by atoms with Gasteiger partial charge in [-0.25, -0.2) is 4.68 Å². The summed E-state index contributed by atoms with van der Waals surface area (Å²) in [4.78, 5) is 0. The Hall–Kier alpha value is -2.32. The largest absolute Gasteiger partial charge is 0.573 e. The molecule has 1 aliphatic carbocycles. The van der Waals surface area contributed by atoms with Crippen LogP contribution in [0.5, 0.6) is 5.75 Å². The highest BCUT2D eigenvalue weighted by Crippen LogP contribution is 2.38. The van der Waals surface area contributed by atoms with Gasteiger partial charge in [-0.15, -0.1) is 13.2 Å². The lowest BCUT2D eigenvalue weighted by molar-refractivity contribution is -0.274. The molecule has 1 aromatic carbocycles. The highest BCUT2D eigenvalue weighted by atomic mass is 19.4. The number of allylic oxidation sites excluding steroid dienone is 1. The van der Waals surface area contributed by atoms with Crippen LogP contribution in [0, 0.1) is 6.92 Å². The summed E-state index contributed by atoms with van der Waals surface area (Å²) in [6, 6.07) is 7.63. The van der Waals surface area contributed by atoms with Gasteiger partial charge in [0.15, 0.2) is 5.79 Å². The van der Waals surface area contributed by atoms with Gasteiger partial charge < -0.3 is 14.2 Å². The van der Waals surface area contributed by atoms with Crippen LogP contribution in [0.25, 0.3) is 11.3 Å². The summed E-state index contributed by atoms with van der Waals surface area (Å²) in [5, 5.41) is 4.63. The molecule has 1 aromatic heterocycles. The zero-order valence-electron chi connectivity index (χ0n) is 14.8. The molecule has 2 aliphatic rings. The van der Waals surface area contributed by atoms with E-state index in [1.807, 2.05) is 13.0 Å². The molecule has 27 heavy (non-hydrogen) atoms. The minimum atomic E-state index is -4.70. The van der Waals surface area contributed by atoms with Gasteiger partial charge in [-0.05, 0) is 49.2 Å². The molecule has 0 radical (unpaired) electrons. The summed E-state index contributed by atoms with van der Waals surface area (Å²) < 4.78 is 53.9. The van der Waals surface area contributed by atoms with Crippen LogP contribution < -0.4 is 4.74 Å². The fraction of sp³-hybridized carbons (Fsp3) is 0.421. The maximum absolute atomic E-state index is 12.3. The number of alkyl halides is 3. The molecule has 1 fully saturated rings. The zero-order chi connectivity index (χ0) is 19.1. The highest BCUT2D eigenvalue weighted by Gasteiger charge is 2.38. The van der Waals surface area contributed by atoms with Crippen LogP contribution in [0.4, 0.5) is 13.2 Å². The monoisotopic (exact) mass is 380 g/mol. The molecule has 0 N–H and O–H groups in total. The second-order valence-corrected chi connectivity index (χ2v) is 6.67. The van der Waals surface area contributed by atoms with Gasteiger partial charge in [-0.1, -0.05) is 6.08 Å². The minimum Gasteiger partial charge on any atom is -0.406 e. The molecule has 2 heterocycles. The predicted octanol–water partition coefficient (Wildman–Crippen LogP) is 4.39. The van der Waals surface area contributed by atoms with Crippen LogP contribution in [-0.4, -0.2) is 35.1 Å². The number of hydrogen-bond donors (Lipinski definition) is 0. The molecule has 2 aromatic rings. The van der Waals surface area contributed by atoms with Crippen LogP contribution in [0.2, 0.25) is 0 Å². The predicted molar refractivity (Wildman–Crippen MR) is 91.4 cm³/mol. The summed E-state index contributed by atoms with van der Waals surface area (Å²) in [5.41, 5.74) is 3.54. The fourth-order valence-electron chi connectivity index (χ4n) is 3.48. The Morgan fingerprint density at radius 3 is 2.44 bits per heavy atom. The fourth-order valence-corrected chi connectivity index (χ4v) is 3.48. The number of aromatic nitrogens is 2. The molecule has 0 atom stereocenters. The molecule has 144 valence electrons. The summed E-state index contributed by atoms with van der Waals surface area (Å²) in [6.45, 7) is 3.17. The number of aryl methyl sites for hydroxylation is 1. The average Bonchev–Trinajstić information content (AvgIpc) is 3.22. The molecule has 5 nitrogen and oxygen atoms in total. The topological polar surface area (TPSA) is 45.5 Å². The van der Waals surface area contributed by atoms with E-state index in [9.17, 15) is 13.2 Å². The summed E-state index contributed by atoms with van der Waals surface area (Å²) in [6.07, 6.45) is -0.324. The van der Waals surface area contributed by atoms with Crippen LogP contribution in [-0.2, 0) is 9.47 Å². The van der Waals surface area contributed by atoms with Crippen molar-refractivity contribution in [1.29, 1.82) is 0 Å². The van der Waals surface area contributed by atoms with Crippen LogP contribution in [0.3, 0.4) is 0 Å². The number of hydrogen-bond acceptors (Lipinski definition) is 4. The first kappa shape index (κ1) is 18.1. The lowest BCUT2D eigenvalue weighted by Gasteiger charge is -2.30. The van der Waals surface area contributed by atoms with E-state index < -0.39 is 12.1 Å². The van der Waals surface area contributed by atoms with Crippen LogP contribution in [0.15, 0.2) is 36.4 Å². The van der Waals surface area contributed by atoms with Crippen LogP contribution >= 0.6 is 0 Å². The maximum Gasteiger partial charge on any atom is 0.573 e. The van der Waals surface area contributed by atoms with E-state index in [1.165, 1.54) is 12.1 Å². The van der Waals surface area contributed by atoms with E-state index in [0.29, 0.717) is 25.3 Å². The molecule has 1 spiro atoms. The molecule has 0 amide bonds. The summed E-state index contributed by atoms with van der Waals surface area (Å²) in [5.74, 6) is -0.733. The Balaban J connectivity index is 1.53. The number of halogens is 3. The van der Waals surface area contributed by atoms with E-state index in [2.05, 4.69) is 15.9 Å². The van der Waals surface area contributed by atoms with E-state index in [0.717, 1.165) is 29.8 Å². The van der Waals surface area contributed by atoms with Gasteiger partial charge in [0.05, 0.1) is 24.6 Å². The van der Waals surface area contributed by atoms with E-state index in [1.54, 1.807) is 16.8 Å².